The third-order valence-electron chi connectivity index (χ3n) is 2.20. The van der Waals surface area contributed by atoms with Gasteiger partial charge in [0.25, 0.3) is 0 Å². The first kappa shape index (κ1) is 10.9. The highest BCUT2D eigenvalue weighted by atomic mass is 79.9. The van der Waals surface area contributed by atoms with E-state index in [1.54, 1.807) is 0 Å². The Kier molecular flexibility index (Phi) is 2.78. The fourth-order valence-corrected chi connectivity index (χ4v) is 2.16. The number of hydrogen-bond donors (Lipinski definition) is 2. The van der Waals surface area contributed by atoms with E-state index in [4.69, 9.17) is 5.11 Å². The Bertz CT molecular complexity index is 528. The molecule has 16 heavy (non-hydrogen) atoms. The van der Waals surface area contributed by atoms with Gasteiger partial charge >= 0.3 is 5.97 Å². The fraction of sp³-hybridized carbons (Fsp3) is 0.0909. The molecule has 0 bridgehead atoms. The smallest absolute Gasteiger partial charge is 0.339 e. The third-order valence-corrected chi connectivity index (χ3v) is 2.66. The van der Waals surface area contributed by atoms with Crippen LogP contribution in [0.3, 0.4) is 0 Å². The number of halogens is 1. The molecule has 1 aromatic heterocycles. The summed E-state index contributed by atoms with van der Waals surface area (Å²) in [7, 11) is 0. The lowest BCUT2D eigenvalue weighted by Gasteiger charge is -2.03. The zero-order valence-corrected chi connectivity index (χ0v) is 10.1. The molecule has 1 heterocycles. The van der Waals surface area contributed by atoms with Gasteiger partial charge in [0, 0.05) is 10.0 Å². The van der Waals surface area contributed by atoms with Gasteiger partial charge in [0.1, 0.15) is 5.56 Å². The maximum atomic E-state index is 11.0. The zero-order valence-electron chi connectivity index (χ0n) is 8.49. The first-order valence-corrected chi connectivity index (χ1v) is 5.41. The lowest BCUT2D eigenvalue weighted by atomic mass is 10.1. The predicted octanol–water partition coefficient (Wildman–Crippen LogP) is 2.85. The Morgan fingerprint density at radius 3 is 2.81 bits per heavy atom. The van der Waals surface area contributed by atoms with E-state index in [1.165, 1.54) is 6.20 Å². The van der Waals surface area contributed by atoms with Crippen LogP contribution in [0, 0.1) is 6.92 Å². The Morgan fingerprint density at radius 2 is 2.19 bits per heavy atom. The molecule has 0 aliphatic rings. The van der Waals surface area contributed by atoms with Crippen molar-refractivity contribution in [3.8, 4) is 11.3 Å². The zero-order chi connectivity index (χ0) is 11.7. The summed E-state index contributed by atoms with van der Waals surface area (Å²) >= 11 is 3.38. The lowest BCUT2D eigenvalue weighted by Crippen LogP contribution is -1.96. The molecule has 1 aromatic carbocycles. The summed E-state index contributed by atoms with van der Waals surface area (Å²) in [4.78, 5) is 11.0. The Hall–Kier alpha value is -1.62. The molecular weight excluding hydrogens is 272 g/mol. The summed E-state index contributed by atoms with van der Waals surface area (Å²) in [5, 5.41) is 15.4. The summed E-state index contributed by atoms with van der Waals surface area (Å²) in [5.41, 5.74) is 2.56. The van der Waals surface area contributed by atoms with E-state index in [1.807, 2.05) is 25.1 Å². The number of aromatic amines is 1. The van der Waals surface area contributed by atoms with Crippen LogP contribution in [0.15, 0.2) is 28.9 Å². The van der Waals surface area contributed by atoms with Gasteiger partial charge in [-0.05, 0) is 30.7 Å². The van der Waals surface area contributed by atoms with Crippen LogP contribution in [-0.4, -0.2) is 21.3 Å². The Balaban J connectivity index is 2.58. The SMILES string of the molecule is Cc1cc(Br)cc(-c2[nH]ncc2C(=O)O)c1. The second-order valence-corrected chi connectivity index (χ2v) is 4.40. The molecule has 0 aliphatic heterocycles. The maximum Gasteiger partial charge on any atom is 0.339 e. The molecule has 5 heteroatoms. The Morgan fingerprint density at radius 1 is 1.44 bits per heavy atom. The molecule has 0 atom stereocenters. The highest BCUT2D eigenvalue weighted by molar-refractivity contribution is 9.10. The van der Waals surface area contributed by atoms with Crippen LogP contribution in [0.2, 0.25) is 0 Å². The molecule has 0 radical (unpaired) electrons. The molecule has 0 saturated carbocycles. The van der Waals surface area contributed by atoms with Crippen LogP contribution in [0.5, 0.6) is 0 Å². The molecule has 0 aliphatic carbocycles. The number of carboxylic acid groups (broad SMARTS) is 1. The molecule has 0 saturated heterocycles. The van der Waals surface area contributed by atoms with Crippen LogP contribution < -0.4 is 0 Å². The van der Waals surface area contributed by atoms with E-state index >= 15 is 0 Å². The van der Waals surface area contributed by atoms with E-state index in [2.05, 4.69) is 26.1 Å². The van der Waals surface area contributed by atoms with E-state index in [-0.39, 0.29) is 5.56 Å². The average molecular weight is 281 g/mol. The van der Waals surface area contributed by atoms with Gasteiger partial charge in [-0.2, -0.15) is 5.10 Å². The largest absolute Gasteiger partial charge is 0.478 e. The van der Waals surface area contributed by atoms with Gasteiger partial charge in [0.15, 0.2) is 0 Å². The summed E-state index contributed by atoms with van der Waals surface area (Å²) in [6.45, 7) is 1.95. The van der Waals surface area contributed by atoms with Crippen molar-refractivity contribution >= 4 is 21.9 Å². The minimum absolute atomic E-state index is 0.178. The van der Waals surface area contributed by atoms with Crippen molar-refractivity contribution in [1.29, 1.82) is 0 Å². The van der Waals surface area contributed by atoms with E-state index in [0.717, 1.165) is 15.6 Å². The van der Waals surface area contributed by atoms with Crippen molar-refractivity contribution in [2.45, 2.75) is 6.92 Å². The second kappa shape index (κ2) is 4.09. The van der Waals surface area contributed by atoms with Gasteiger partial charge in [-0.3, -0.25) is 5.10 Å². The standard InChI is InChI=1S/C11H9BrN2O2/c1-6-2-7(4-8(12)3-6)10-9(11(15)16)5-13-14-10/h2-5H,1H3,(H,13,14)(H,15,16). The van der Waals surface area contributed by atoms with Gasteiger partial charge in [-0.1, -0.05) is 15.9 Å². The predicted molar refractivity (Wildman–Crippen MR) is 63.4 cm³/mol. The van der Waals surface area contributed by atoms with Gasteiger partial charge in [-0.15, -0.1) is 0 Å². The molecule has 2 N–H and O–H groups in total. The number of benzene rings is 1. The number of hydrogen-bond acceptors (Lipinski definition) is 2. The summed E-state index contributed by atoms with van der Waals surface area (Å²) in [5.74, 6) is -0.985. The average Bonchev–Trinajstić information content (AvgIpc) is 2.63. The summed E-state index contributed by atoms with van der Waals surface area (Å²) in [6, 6.07) is 5.72. The van der Waals surface area contributed by atoms with Crippen molar-refractivity contribution in [3.05, 3.63) is 40.0 Å². The van der Waals surface area contributed by atoms with E-state index in [9.17, 15) is 4.79 Å². The van der Waals surface area contributed by atoms with Crippen molar-refractivity contribution in [2.24, 2.45) is 0 Å². The maximum absolute atomic E-state index is 11.0. The number of nitrogens with one attached hydrogen (secondary N) is 1. The minimum Gasteiger partial charge on any atom is -0.478 e. The van der Waals surface area contributed by atoms with Crippen LogP contribution in [0.4, 0.5) is 0 Å². The molecule has 0 unspecified atom stereocenters. The van der Waals surface area contributed by atoms with E-state index < -0.39 is 5.97 Å². The third kappa shape index (κ3) is 1.99. The topological polar surface area (TPSA) is 66.0 Å². The molecule has 0 amide bonds. The molecule has 2 aromatic rings. The normalized spacial score (nSPS) is 10.4. The molecule has 2 rings (SSSR count). The number of rotatable bonds is 2. The monoisotopic (exact) mass is 280 g/mol. The Labute approximate surface area is 100 Å². The number of aryl methyl sites for hydroxylation is 1. The van der Waals surface area contributed by atoms with Crippen LogP contribution >= 0.6 is 15.9 Å². The van der Waals surface area contributed by atoms with Crippen molar-refractivity contribution in [1.82, 2.24) is 10.2 Å². The molecule has 82 valence electrons. The van der Waals surface area contributed by atoms with Crippen LogP contribution in [0.1, 0.15) is 15.9 Å². The molecule has 0 spiro atoms. The number of aromatic carboxylic acids is 1. The number of carboxylic acids is 1. The van der Waals surface area contributed by atoms with Crippen molar-refractivity contribution in [3.63, 3.8) is 0 Å². The van der Waals surface area contributed by atoms with Crippen molar-refractivity contribution in [2.75, 3.05) is 0 Å². The highest BCUT2D eigenvalue weighted by Crippen LogP contribution is 2.25. The first-order chi connectivity index (χ1) is 7.58. The molecular formula is C11H9BrN2O2. The number of nitrogens with zero attached hydrogens (tertiary/aromatic N) is 1. The van der Waals surface area contributed by atoms with E-state index in [0.29, 0.717) is 5.69 Å². The molecule has 4 nitrogen and oxygen atoms in total. The van der Waals surface area contributed by atoms with Gasteiger partial charge in [0.2, 0.25) is 0 Å². The second-order valence-electron chi connectivity index (χ2n) is 3.48. The summed E-state index contributed by atoms with van der Waals surface area (Å²) < 4.78 is 0.911. The number of aromatic nitrogens is 2. The lowest BCUT2D eigenvalue weighted by molar-refractivity contribution is 0.0698. The summed E-state index contributed by atoms with van der Waals surface area (Å²) in [6.07, 6.45) is 1.31. The quantitative estimate of drug-likeness (QED) is 0.889. The minimum atomic E-state index is -0.985. The number of H-pyrrole nitrogens is 1. The fourth-order valence-electron chi connectivity index (χ4n) is 1.55. The molecule has 0 fully saturated rings. The van der Waals surface area contributed by atoms with Gasteiger partial charge in [-0.25, -0.2) is 4.79 Å². The van der Waals surface area contributed by atoms with Crippen LogP contribution in [-0.2, 0) is 0 Å². The highest BCUT2D eigenvalue weighted by Gasteiger charge is 2.14. The van der Waals surface area contributed by atoms with Gasteiger partial charge in [0.05, 0.1) is 11.9 Å². The number of carbonyl (C=O) groups is 1. The van der Waals surface area contributed by atoms with Crippen molar-refractivity contribution < 1.29 is 9.90 Å². The van der Waals surface area contributed by atoms with Crippen LogP contribution in [0.25, 0.3) is 11.3 Å². The van der Waals surface area contributed by atoms with Gasteiger partial charge < -0.3 is 5.11 Å². The first-order valence-electron chi connectivity index (χ1n) is 4.62.